The van der Waals surface area contributed by atoms with Gasteiger partial charge in [0, 0.05) is 11.6 Å². The largest absolute Gasteiger partial charge is 0.418 e. The summed E-state index contributed by atoms with van der Waals surface area (Å²) < 4.78 is 10.6. The highest BCUT2D eigenvalue weighted by Crippen LogP contribution is 2.26. The Kier molecular flexibility index (Phi) is 3.53. The van der Waals surface area contributed by atoms with Crippen LogP contribution >= 0.6 is 0 Å². The minimum absolute atomic E-state index is 0.210. The van der Waals surface area contributed by atoms with Crippen molar-refractivity contribution in [3.8, 4) is 11.5 Å². The van der Waals surface area contributed by atoms with Crippen molar-refractivity contribution in [2.75, 3.05) is 5.32 Å². The van der Waals surface area contributed by atoms with Gasteiger partial charge in [0.2, 0.25) is 11.6 Å². The predicted octanol–water partition coefficient (Wildman–Crippen LogP) is 3.75. The number of rotatable bonds is 3. The van der Waals surface area contributed by atoms with Crippen molar-refractivity contribution in [1.82, 2.24) is 15.1 Å². The number of hydrogen-bond acceptors (Lipinski definition) is 6. The number of carbonyl (C=O) groups is 1. The molecule has 1 N–H and O–H groups in total. The minimum atomic E-state index is -0.368. The molecule has 0 saturated carbocycles. The number of nitrogens with zero attached hydrogens (tertiary/aromatic N) is 3. The average molecular weight is 334 g/mol. The molecule has 1 aromatic carbocycles. The van der Waals surface area contributed by atoms with Crippen LogP contribution < -0.4 is 5.32 Å². The molecule has 0 bridgehead atoms. The van der Waals surface area contributed by atoms with Crippen molar-refractivity contribution in [2.45, 2.75) is 13.8 Å². The van der Waals surface area contributed by atoms with Crippen LogP contribution in [0.5, 0.6) is 0 Å². The zero-order valence-electron chi connectivity index (χ0n) is 13.6. The predicted molar refractivity (Wildman–Crippen MR) is 91.2 cm³/mol. The minimum Gasteiger partial charge on any atom is -0.418 e. The standard InChI is InChI=1S/C18H14N4O3/c1-10-8-14(22-25-10)16(23)20-13-9-15-18(19-11(13)2)24-17(21-15)12-6-4-3-5-7-12/h3-9H,1-2H3,(H,20,23). The van der Waals surface area contributed by atoms with Gasteiger partial charge in [0.25, 0.3) is 5.91 Å². The van der Waals surface area contributed by atoms with Crippen LogP contribution in [-0.2, 0) is 0 Å². The number of benzene rings is 1. The molecule has 25 heavy (non-hydrogen) atoms. The zero-order chi connectivity index (χ0) is 17.4. The molecule has 3 heterocycles. The highest BCUT2D eigenvalue weighted by atomic mass is 16.5. The van der Waals surface area contributed by atoms with Crippen LogP contribution in [-0.4, -0.2) is 21.0 Å². The van der Waals surface area contributed by atoms with E-state index in [-0.39, 0.29) is 11.6 Å². The number of carbonyl (C=O) groups excluding carboxylic acids is 1. The highest BCUT2D eigenvalue weighted by molar-refractivity contribution is 6.03. The van der Waals surface area contributed by atoms with E-state index in [1.807, 2.05) is 30.3 Å². The third-order valence-electron chi connectivity index (χ3n) is 3.70. The van der Waals surface area contributed by atoms with Crippen molar-refractivity contribution in [2.24, 2.45) is 0 Å². The summed E-state index contributed by atoms with van der Waals surface area (Å²) in [6.07, 6.45) is 0. The molecule has 7 nitrogen and oxygen atoms in total. The lowest BCUT2D eigenvalue weighted by atomic mass is 10.2. The molecule has 0 atom stereocenters. The van der Waals surface area contributed by atoms with E-state index in [4.69, 9.17) is 8.94 Å². The van der Waals surface area contributed by atoms with Crippen LogP contribution in [0.15, 0.2) is 51.4 Å². The van der Waals surface area contributed by atoms with Gasteiger partial charge in [-0.05, 0) is 32.0 Å². The molecule has 1 amide bonds. The fourth-order valence-electron chi connectivity index (χ4n) is 2.44. The molecule has 0 spiro atoms. The van der Waals surface area contributed by atoms with Gasteiger partial charge in [-0.1, -0.05) is 23.4 Å². The SMILES string of the molecule is Cc1cc(C(=O)Nc2cc3nc(-c4ccccc4)oc3nc2C)no1. The number of aromatic nitrogens is 3. The Balaban J connectivity index is 1.68. The first-order valence-corrected chi connectivity index (χ1v) is 7.68. The van der Waals surface area contributed by atoms with Gasteiger partial charge in [-0.15, -0.1) is 0 Å². The van der Waals surface area contributed by atoms with Crippen LogP contribution in [0.2, 0.25) is 0 Å². The van der Waals surface area contributed by atoms with Gasteiger partial charge in [0.05, 0.1) is 11.4 Å². The third-order valence-corrected chi connectivity index (χ3v) is 3.70. The van der Waals surface area contributed by atoms with E-state index in [0.29, 0.717) is 34.3 Å². The molecule has 4 rings (SSSR count). The van der Waals surface area contributed by atoms with Crippen molar-refractivity contribution < 1.29 is 13.7 Å². The summed E-state index contributed by atoms with van der Waals surface area (Å²) in [6.45, 7) is 3.51. The number of fused-ring (bicyclic) bond motifs is 1. The first-order valence-electron chi connectivity index (χ1n) is 7.68. The molecule has 124 valence electrons. The summed E-state index contributed by atoms with van der Waals surface area (Å²) in [5.74, 6) is 0.686. The Morgan fingerprint density at radius 1 is 1.08 bits per heavy atom. The second-order valence-corrected chi connectivity index (χ2v) is 5.61. The third kappa shape index (κ3) is 2.87. The molecule has 0 saturated heterocycles. The molecule has 4 aromatic rings. The van der Waals surface area contributed by atoms with Gasteiger partial charge in [0.1, 0.15) is 11.3 Å². The summed E-state index contributed by atoms with van der Waals surface area (Å²) in [5, 5.41) is 6.48. The van der Waals surface area contributed by atoms with Crippen molar-refractivity contribution in [1.29, 1.82) is 0 Å². The van der Waals surface area contributed by atoms with E-state index in [1.165, 1.54) is 0 Å². The lowest BCUT2D eigenvalue weighted by Gasteiger charge is -2.05. The van der Waals surface area contributed by atoms with E-state index in [1.54, 1.807) is 26.0 Å². The Bertz CT molecular complexity index is 1070. The number of hydrogen-bond donors (Lipinski definition) is 1. The first kappa shape index (κ1) is 15.1. The Hall–Kier alpha value is -3.48. The molecule has 0 unspecified atom stereocenters. The van der Waals surface area contributed by atoms with E-state index in [9.17, 15) is 4.79 Å². The topological polar surface area (TPSA) is 94.1 Å². The van der Waals surface area contributed by atoms with Crippen molar-refractivity contribution >= 4 is 22.8 Å². The number of oxazole rings is 1. The maximum atomic E-state index is 12.2. The molecule has 0 aliphatic rings. The van der Waals surface area contributed by atoms with Crippen LogP contribution in [0.25, 0.3) is 22.7 Å². The summed E-state index contributed by atoms with van der Waals surface area (Å²) in [7, 11) is 0. The lowest BCUT2D eigenvalue weighted by Crippen LogP contribution is -2.13. The second kappa shape index (κ2) is 5.86. The Morgan fingerprint density at radius 3 is 2.60 bits per heavy atom. The number of anilines is 1. The first-order chi connectivity index (χ1) is 12.1. The number of nitrogens with one attached hydrogen (secondary N) is 1. The number of aryl methyl sites for hydroxylation is 2. The summed E-state index contributed by atoms with van der Waals surface area (Å²) in [4.78, 5) is 21.1. The zero-order valence-corrected chi connectivity index (χ0v) is 13.6. The van der Waals surface area contributed by atoms with Gasteiger partial charge in [0.15, 0.2) is 5.69 Å². The fraction of sp³-hybridized carbons (Fsp3) is 0.111. The highest BCUT2D eigenvalue weighted by Gasteiger charge is 2.16. The van der Waals surface area contributed by atoms with Crippen LogP contribution in [0.4, 0.5) is 5.69 Å². The van der Waals surface area contributed by atoms with Gasteiger partial charge < -0.3 is 14.3 Å². The smallest absolute Gasteiger partial charge is 0.277 e. The van der Waals surface area contributed by atoms with Crippen LogP contribution in [0, 0.1) is 13.8 Å². The molecule has 0 aliphatic heterocycles. The maximum Gasteiger partial charge on any atom is 0.277 e. The molecular weight excluding hydrogens is 320 g/mol. The maximum absolute atomic E-state index is 12.2. The van der Waals surface area contributed by atoms with Gasteiger partial charge in [-0.3, -0.25) is 4.79 Å². The molecular formula is C18H14N4O3. The molecule has 3 aromatic heterocycles. The molecule has 0 radical (unpaired) electrons. The van der Waals surface area contributed by atoms with Gasteiger partial charge in [-0.25, -0.2) is 9.97 Å². The van der Waals surface area contributed by atoms with E-state index in [0.717, 1.165) is 5.56 Å². The van der Waals surface area contributed by atoms with Gasteiger partial charge >= 0.3 is 0 Å². The number of amides is 1. The van der Waals surface area contributed by atoms with Crippen LogP contribution in [0.3, 0.4) is 0 Å². The Morgan fingerprint density at radius 2 is 1.88 bits per heavy atom. The van der Waals surface area contributed by atoms with Crippen molar-refractivity contribution in [3.63, 3.8) is 0 Å². The number of pyridine rings is 1. The summed E-state index contributed by atoms with van der Waals surface area (Å²) >= 11 is 0. The summed E-state index contributed by atoms with van der Waals surface area (Å²) in [5.41, 5.74) is 3.23. The van der Waals surface area contributed by atoms with E-state index in [2.05, 4.69) is 20.4 Å². The van der Waals surface area contributed by atoms with E-state index < -0.39 is 0 Å². The molecule has 7 heteroatoms. The van der Waals surface area contributed by atoms with E-state index >= 15 is 0 Å². The lowest BCUT2D eigenvalue weighted by molar-refractivity contribution is 0.101. The fourth-order valence-corrected chi connectivity index (χ4v) is 2.44. The van der Waals surface area contributed by atoms with Crippen molar-refractivity contribution in [3.05, 3.63) is 59.6 Å². The second-order valence-electron chi connectivity index (χ2n) is 5.61. The molecule has 0 aliphatic carbocycles. The average Bonchev–Trinajstić information content (AvgIpc) is 3.22. The molecule has 0 fully saturated rings. The van der Waals surface area contributed by atoms with Crippen LogP contribution in [0.1, 0.15) is 21.9 Å². The quantitative estimate of drug-likeness (QED) is 0.613. The summed E-state index contributed by atoms with van der Waals surface area (Å²) in [6, 6.07) is 12.9. The normalized spacial score (nSPS) is 11.0. The monoisotopic (exact) mass is 334 g/mol. The van der Waals surface area contributed by atoms with Gasteiger partial charge in [-0.2, -0.15) is 0 Å². The Labute approximate surface area is 142 Å².